The minimum absolute atomic E-state index is 0.197. The maximum absolute atomic E-state index is 12.2. The van der Waals surface area contributed by atoms with Crippen LogP contribution in [0, 0.1) is 0 Å². The van der Waals surface area contributed by atoms with E-state index in [1.165, 1.54) is 12.8 Å². The Morgan fingerprint density at radius 1 is 1.17 bits per heavy atom. The van der Waals surface area contributed by atoms with Crippen LogP contribution in [0.2, 0.25) is 0 Å². The molecular formula is C22H29N7O. The van der Waals surface area contributed by atoms with Gasteiger partial charge in [0.25, 0.3) is 0 Å². The molecule has 2 N–H and O–H groups in total. The van der Waals surface area contributed by atoms with Gasteiger partial charge in [0, 0.05) is 36.1 Å². The molecule has 0 saturated heterocycles. The lowest BCUT2D eigenvalue weighted by Crippen LogP contribution is -2.36. The van der Waals surface area contributed by atoms with Gasteiger partial charge in [0.05, 0.1) is 17.2 Å². The summed E-state index contributed by atoms with van der Waals surface area (Å²) in [4.78, 5) is 23.5. The van der Waals surface area contributed by atoms with E-state index in [1.54, 1.807) is 6.07 Å². The van der Waals surface area contributed by atoms with Gasteiger partial charge >= 0.3 is 6.03 Å². The van der Waals surface area contributed by atoms with Gasteiger partial charge in [0.2, 0.25) is 0 Å². The second-order valence-electron chi connectivity index (χ2n) is 8.19. The summed E-state index contributed by atoms with van der Waals surface area (Å²) < 4.78 is 1.96. The van der Waals surface area contributed by atoms with Gasteiger partial charge in [-0.05, 0) is 58.1 Å². The van der Waals surface area contributed by atoms with Crippen LogP contribution in [0.15, 0.2) is 36.8 Å². The summed E-state index contributed by atoms with van der Waals surface area (Å²) in [7, 11) is 4.15. The molecule has 3 aromatic rings. The number of amides is 2. The van der Waals surface area contributed by atoms with E-state index in [0.717, 1.165) is 54.5 Å². The van der Waals surface area contributed by atoms with Crippen molar-refractivity contribution in [2.75, 3.05) is 26.0 Å². The number of urea groups is 1. The average Bonchev–Trinajstić information content (AvgIpc) is 3.39. The van der Waals surface area contributed by atoms with E-state index in [1.807, 2.05) is 35.4 Å². The fourth-order valence-corrected chi connectivity index (χ4v) is 3.83. The number of aromatic nitrogens is 4. The zero-order valence-electron chi connectivity index (χ0n) is 17.6. The largest absolute Gasteiger partial charge is 0.335 e. The average molecular weight is 408 g/mol. The van der Waals surface area contributed by atoms with E-state index >= 15 is 0 Å². The number of hydrogen-bond donors (Lipinski definition) is 2. The van der Waals surface area contributed by atoms with Crippen LogP contribution >= 0.6 is 0 Å². The molecule has 1 saturated carbocycles. The number of nitrogens with zero attached hydrogens (tertiary/aromatic N) is 5. The van der Waals surface area contributed by atoms with Gasteiger partial charge in [-0.3, -0.25) is 15.0 Å². The Kier molecular flexibility index (Phi) is 6.23. The second-order valence-corrected chi connectivity index (χ2v) is 8.19. The first-order valence-corrected chi connectivity index (χ1v) is 10.6. The number of fused-ring (bicyclic) bond motifs is 1. The predicted octanol–water partition coefficient (Wildman–Crippen LogP) is 3.51. The van der Waals surface area contributed by atoms with Crippen LogP contribution in [0.5, 0.6) is 0 Å². The van der Waals surface area contributed by atoms with Gasteiger partial charge < -0.3 is 10.2 Å². The fourth-order valence-electron chi connectivity index (χ4n) is 3.83. The fraction of sp³-hybridized carbons (Fsp3) is 0.455. The molecule has 8 nitrogen and oxygen atoms in total. The number of nitrogens with one attached hydrogen (secondary N) is 2. The topological polar surface area (TPSA) is 88.0 Å². The molecule has 158 valence electrons. The molecule has 8 heteroatoms. The molecule has 4 rings (SSSR count). The van der Waals surface area contributed by atoms with E-state index in [4.69, 9.17) is 0 Å². The Morgan fingerprint density at radius 2 is 2.00 bits per heavy atom. The highest BCUT2D eigenvalue weighted by Gasteiger charge is 2.17. The molecule has 0 aliphatic heterocycles. The minimum atomic E-state index is -0.197. The summed E-state index contributed by atoms with van der Waals surface area (Å²) in [6, 6.07) is 5.72. The molecule has 3 aromatic heterocycles. The number of carbonyl (C=O) groups excluding carboxylic acids is 1. The van der Waals surface area contributed by atoms with Gasteiger partial charge in [-0.25, -0.2) is 9.78 Å². The predicted molar refractivity (Wildman–Crippen MR) is 118 cm³/mol. The Morgan fingerprint density at radius 3 is 2.80 bits per heavy atom. The lowest BCUT2D eigenvalue weighted by atomic mass is 10.1. The molecule has 0 spiro atoms. The molecule has 1 aliphatic carbocycles. The van der Waals surface area contributed by atoms with Crippen LogP contribution in [0.4, 0.5) is 10.6 Å². The van der Waals surface area contributed by atoms with Gasteiger partial charge in [0.15, 0.2) is 0 Å². The number of anilines is 1. The maximum atomic E-state index is 12.2. The lowest BCUT2D eigenvalue weighted by Gasteiger charge is -2.12. The summed E-state index contributed by atoms with van der Waals surface area (Å²) in [6.07, 6.45) is 11.2. The normalized spacial score (nSPS) is 14.5. The molecule has 30 heavy (non-hydrogen) atoms. The maximum Gasteiger partial charge on any atom is 0.320 e. The van der Waals surface area contributed by atoms with E-state index in [0.29, 0.717) is 5.82 Å². The van der Waals surface area contributed by atoms with Crippen LogP contribution < -0.4 is 10.6 Å². The van der Waals surface area contributed by atoms with E-state index in [-0.39, 0.29) is 12.1 Å². The highest BCUT2D eigenvalue weighted by Crippen LogP contribution is 2.23. The van der Waals surface area contributed by atoms with Crippen molar-refractivity contribution in [2.24, 2.45) is 0 Å². The zero-order chi connectivity index (χ0) is 20.9. The van der Waals surface area contributed by atoms with Gasteiger partial charge in [0.1, 0.15) is 5.82 Å². The first kappa shape index (κ1) is 20.3. The van der Waals surface area contributed by atoms with E-state index in [2.05, 4.69) is 44.7 Å². The molecule has 0 bridgehead atoms. The van der Waals surface area contributed by atoms with Gasteiger partial charge in [-0.2, -0.15) is 5.10 Å². The van der Waals surface area contributed by atoms with Crippen LogP contribution in [0.25, 0.3) is 22.2 Å². The quantitative estimate of drug-likeness (QED) is 0.626. The van der Waals surface area contributed by atoms with E-state index in [9.17, 15) is 4.79 Å². The van der Waals surface area contributed by atoms with Crippen molar-refractivity contribution in [1.29, 1.82) is 0 Å². The number of aryl methyl sites for hydroxylation is 1. The minimum Gasteiger partial charge on any atom is -0.335 e. The summed E-state index contributed by atoms with van der Waals surface area (Å²) in [5.74, 6) is 0.524. The highest BCUT2D eigenvalue weighted by atomic mass is 16.2. The Labute approximate surface area is 176 Å². The van der Waals surface area contributed by atoms with Crippen molar-refractivity contribution in [3.63, 3.8) is 0 Å². The van der Waals surface area contributed by atoms with Crippen LogP contribution in [0.3, 0.4) is 0 Å². The summed E-state index contributed by atoms with van der Waals surface area (Å²) in [5.41, 5.74) is 3.50. The SMILES string of the molecule is CN(C)CCCn1cc(-c2cnc3ccc(NC(=O)NC4CCCC4)nc3c2)cn1. The van der Waals surface area contributed by atoms with Crippen molar-refractivity contribution >= 4 is 22.9 Å². The number of carbonyl (C=O) groups is 1. The second kappa shape index (κ2) is 9.21. The molecule has 0 atom stereocenters. The van der Waals surface area contributed by atoms with Crippen LogP contribution in [0.1, 0.15) is 32.1 Å². The third-order valence-corrected chi connectivity index (χ3v) is 5.43. The number of rotatable bonds is 7. The molecule has 0 radical (unpaired) electrons. The molecular weight excluding hydrogens is 378 g/mol. The first-order chi connectivity index (χ1) is 14.6. The molecule has 0 unspecified atom stereocenters. The third-order valence-electron chi connectivity index (χ3n) is 5.43. The van der Waals surface area contributed by atoms with Crippen molar-refractivity contribution in [3.05, 3.63) is 36.8 Å². The number of hydrogen-bond acceptors (Lipinski definition) is 5. The number of pyridine rings is 2. The molecule has 3 heterocycles. The van der Waals surface area contributed by atoms with Gasteiger partial charge in [-0.15, -0.1) is 0 Å². The Bertz CT molecular complexity index is 1010. The molecule has 0 aromatic carbocycles. The van der Waals surface area contributed by atoms with Gasteiger partial charge in [-0.1, -0.05) is 12.8 Å². The summed E-state index contributed by atoms with van der Waals surface area (Å²) >= 11 is 0. The summed E-state index contributed by atoms with van der Waals surface area (Å²) in [6.45, 7) is 1.91. The first-order valence-electron chi connectivity index (χ1n) is 10.6. The monoisotopic (exact) mass is 407 g/mol. The van der Waals surface area contributed by atoms with Crippen LogP contribution in [-0.4, -0.2) is 57.4 Å². The lowest BCUT2D eigenvalue weighted by molar-refractivity contribution is 0.248. The van der Waals surface area contributed by atoms with Crippen molar-refractivity contribution in [2.45, 2.75) is 44.7 Å². The zero-order valence-corrected chi connectivity index (χ0v) is 17.6. The van der Waals surface area contributed by atoms with E-state index < -0.39 is 0 Å². The smallest absolute Gasteiger partial charge is 0.320 e. The molecule has 1 fully saturated rings. The Balaban J connectivity index is 1.45. The standard InChI is InChI=1S/C22H29N7O/c1-28(2)10-5-11-29-15-17(14-24-29)16-12-20-19(23-13-16)8-9-21(26-20)27-22(30)25-18-6-3-4-7-18/h8-9,12-15,18H,3-7,10-11H2,1-2H3,(H2,25,26,27,30). The molecule has 1 aliphatic rings. The van der Waals surface area contributed by atoms with Crippen molar-refractivity contribution < 1.29 is 4.79 Å². The Hall–Kier alpha value is -3.00. The van der Waals surface area contributed by atoms with Crippen molar-refractivity contribution in [1.82, 2.24) is 30.0 Å². The summed E-state index contributed by atoms with van der Waals surface area (Å²) in [5, 5.41) is 10.3. The van der Waals surface area contributed by atoms with Crippen LogP contribution in [-0.2, 0) is 6.54 Å². The highest BCUT2D eigenvalue weighted by molar-refractivity contribution is 5.90. The van der Waals surface area contributed by atoms with Crippen molar-refractivity contribution in [3.8, 4) is 11.1 Å². The molecule has 2 amide bonds. The third kappa shape index (κ3) is 5.13.